The summed E-state index contributed by atoms with van der Waals surface area (Å²) < 4.78 is 31.0. The molecule has 0 N–H and O–H groups in total. The van der Waals surface area contributed by atoms with Gasteiger partial charge in [-0.1, -0.05) is 92.4 Å². The second kappa shape index (κ2) is 10.8. The second-order valence-corrected chi connectivity index (χ2v) is 16.9. The Kier molecular flexibility index (Phi) is 8.54. The van der Waals surface area contributed by atoms with Crippen LogP contribution in [0, 0.1) is 51.8 Å². The fraction of sp³-hybridized carbons (Fsp3) is 0.879. The average molecular weight is 533 g/mol. The van der Waals surface area contributed by atoms with Gasteiger partial charge in [-0.25, -0.2) is 0 Å². The summed E-state index contributed by atoms with van der Waals surface area (Å²) in [6.45, 7) is 18.4. The van der Waals surface area contributed by atoms with Gasteiger partial charge in [0.15, 0.2) is 0 Å². The van der Waals surface area contributed by atoms with Gasteiger partial charge in [0.25, 0.3) is 10.1 Å². The highest BCUT2D eigenvalue weighted by Crippen LogP contribution is 2.67. The smallest absolute Gasteiger partial charge is 0.263 e. The number of fused-ring (bicyclic) bond motifs is 5. The van der Waals surface area contributed by atoms with Crippen molar-refractivity contribution in [2.75, 3.05) is 0 Å². The molecule has 4 heteroatoms. The van der Waals surface area contributed by atoms with Gasteiger partial charge >= 0.3 is 0 Å². The van der Waals surface area contributed by atoms with Crippen molar-refractivity contribution in [3.63, 3.8) is 0 Å². The van der Waals surface area contributed by atoms with Gasteiger partial charge < -0.3 is 0 Å². The van der Waals surface area contributed by atoms with E-state index in [0.29, 0.717) is 5.41 Å². The summed E-state index contributed by atoms with van der Waals surface area (Å²) in [7, 11) is -3.65. The summed E-state index contributed by atoms with van der Waals surface area (Å²) >= 11 is 0. The molecule has 0 unspecified atom stereocenters. The lowest BCUT2D eigenvalue weighted by atomic mass is 9.47. The van der Waals surface area contributed by atoms with Gasteiger partial charge in [0.1, 0.15) is 0 Å². The fourth-order valence-electron chi connectivity index (χ4n) is 9.24. The third-order valence-electron chi connectivity index (χ3n) is 11.3. The van der Waals surface area contributed by atoms with Crippen molar-refractivity contribution in [1.82, 2.24) is 0 Å². The molecule has 37 heavy (non-hydrogen) atoms. The predicted molar refractivity (Wildman–Crippen MR) is 155 cm³/mol. The molecule has 4 aliphatic rings. The minimum Gasteiger partial charge on any atom is -0.263 e. The van der Waals surface area contributed by atoms with E-state index in [0.717, 1.165) is 54.8 Å². The van der Waals surface area contributed by atoms with E-state index in [4.69, 9.17) is 4.18 Å². The van der Waals surface area contributed by atoms with E-state index in [1.54, 1.807) is 6.08 Å². The quantitative estimate of drug-likeness (QED) is 0.231. The first kappa shape index (κ1) is 29.4. The summed E-state index contributed by atoms with van der Waals surface area (Å²) in [5.74, 6) is 4.96. The Morgan fingerprint density at radius 1 is 1.03 bits per heavy atom. The zero-order chi connectivity index (χ0) is 27.2. The molecule has 212 valence electrons. The maximum absolute atomic E-state index is 12.6. The van der Waals surface area contributed by atoms with Crippen LogP contribution in [0.3, 0.4) is 0 Å². The summed E-state index contributed by atoms with van der Waals surface area (Å²) in [6.07, 6.45) is 17.6. The molecule has 3 nitrogen and oxygen atoms in total. The average Bonchev–Trinajstić information content (AvgIpc) is 3.14. The lowest BCUT2D eigenvalue weighted by Gasteiger charge is -2.58. The first-order valence-electron chi connectivity index (χ1n) is 15.5. The van der Waals surface area contributed by atoms with Crippen LogP contribution in [0.25, 0.3) is 0 Å². The second-order valence-electron chi connectivity index (χ2n) is 15.4. The lowest BCUT2D eigenvalue weighted by Crippen LogP contribution is -2.51. The van der Waals surface area contributed by atoms with Gasteiger partial charge in [-0.3, -0.25) is 4.18 Å². The molecule has 8 atom stereocenters. The minimum atomic E-state index is -3.65. The third kappa shape index (κ3) is 6.26. The van der Waals surface area contributed by atoms with Gasteiger partial charge in [0, 0.05) is 0 Å². The minimum absolute atomic E-state index is 0.177. The van der Waals surface area contributed by atoms with Gasteiger partial charge in [-0.05, 0) is 103 Å². The summed E-state index contributed by atoms with van der Waals surface area (Å²) in [6, 6.07) is 0. The monoisotopic (exact) mass is 532 g/mol. The fourth-order valence-corrected chi connectivity index (χ4v) is 10.4. The Hall–Kier alpha value is -0.610. The van der Waals surface area contributed by atoms with Crippen LogP contribution in [0.1, 0.15) is 126 Å². The highest BCUT2D eigenvalue weighted by atomic mass is 32.2. The van der Waals surface area contributed by atoms with Crippen molar-refractivity contribution in [2.24, 2.45) is 51.8 Å². The van der Waals surface area contributed by atoms with E-state index < -0.39 is 10.1 Å². The molecule has 4 rings (SSSR count). The molecule has 0 radical (unpaired) electrons. The summed E-state index contributed by atoms with van der Waals surface area (Å²) in [5, 5.41) is 1.27. The maximum atomic E-state index is 12.6. The van der Waals surface area contributed by atoms with Crippen molar-refractivity contribution in [3.8, 4) is 0 Å². The van der Waals surface area contributed by atoms with Gasteiger partial charge in [-0.2, -0.15) is 8.42 Å². The van der Waals surface area contributed by atoms with Crippen molar-refractivity contribution in [2.45, 2.75) is 132 Å². The van der Waals surface area contributed by atoms with Crippen LogP contribution in [0.15, 0.2) is 23.1 Å². The van der Waals surface area contributed by atoms with E-state index >= 15 is 0 Å². The molecule has 0 aliphatic heterocycles. The van der Waals surface area contributed by atoms with E-state index in [1.807, 2.05) is 20.8 Å². The van der Waals surface area contributed by atoms with Crippen LogP contribution in [0.4, 0.5) is 0 Å². The predicted octanol–water partition coefficient (Wildman–Crippen LogP) is 9.30. The van der Waals surface area contributed by atoms with Gasteiger partial charge in [0.2, 0.25) is 0 Å². The van der Waals surface area contributed by atoms with Crippen molar-refractivity contribution in [1.29, 1.82) is 0 Å². The molecule has 0 amide bonds. The third-order valence-corrected chi connectivity index (χ3v) is 12.3. The van der Waals surface area contributed by atoms with E-state index in [-0.39, 0.29) is 16.9 Å². The molecule has 0 aromatic heterocycles. The molecule has 0 heterocycles. The van der Waals surface area contributed by atoms with Gasteiger partial charge in [0.05, 0.1) is 11.5 Å². The highest BCUT2D eigenvalue weighted by Gasteiger charge is 2.59. The van der Waals surface area contributed by atoms with Crippen LogP contribution in [0.5, 0.6) is 0 Å². The number of rotatable bonds is 8. The van der Waals surface area contributed by atoms with E-state index in [2.05, 4.69) is 40.7 Å². The standard InChI is InChI=1S/C33H56O3S/c1-23(2)10-9-11-24(3)28-14-15-29-27-13-12-25-22-26(36-37(34,35)21-20-31(4,5)6)16-18-32(25,7)30(27)17-19-33(28,29)8/h12,20-21,23-24,26-30H,9-11,13-19,22H2,1-8H3/b21-20+/t24-,26+,27+,28-,29+,30+,32+,33-/m1/s1. The summed E-state index contributed by atoms with van der Waals surface area (Å²) in [5.41, 5.74) is 2.03. The van der Waals surface area contributed by atoms with Crippen molar-refractivity contribution >= 4 is 10.1 Å². The van der Waals surface area contributed by atoms with Crippen LogP contribution in [-0.4, -0.2) is 14.5 Å². The Morgan fingerprint density at radius 3 is 2.43 bits per heavy atom. The van der Waals surface area contributed by atoms with Crippen LogP contribution < -0.4 is 0 Å². The maximum Gasteiger partial charge on any atom is 0.290 e. The van der Waals surface area contributed by atoms with Crippen molar-refractivity contribution < 1.29 is 12.6 Å². The Bertz CT molecular complexity index is 970. The molecule has 4 aliphatic carbocycles. The van der Waals surface area contributed by atoms with E-state index in [1.165, 1.54) is 62.3 Å². The molecule has 0 spiro atoms. The molecule has 0 bridgehead atoms. The molecule has 0 aromatic rings. The Balaban J connectivity index is 1.43. The zero-order valence-electron chi connectivity index (χ0n) is 25.2. The Morgan fingerprint density at radius 2 is 1.76 bits per heavy atom. The SMILES string of the molecule is CC(C)CCC[C@@H](C)[C@H]1CC[C@H]2[C@@H]3CC=C4C[C@@H](OS(=O)(=O)/C=C/C(C)(C)C)CC[C@]4(C)[C@H]3CC[C@]12C. The molecular formula is C33H56O3S. The topological polar surface area (TPSA) is 43.4 Å². The first-order chi connectivity index (χ1) is 17.1. The van der Waals surface area contributed by atoms with Crippen LogP contribution in [0.2, 0.25) is 0 Å². The summed E-state index contributed by atoms with van der Waals surface area (Å²) in [4.78, 5) is 0. The van der Waals surface area contributed by atoms with Crippen LogP contribution >= 0.6 is 0 Å². The van der Waals surface area contributed by atoms with Crippen LogP contribution in [-0.2, 0) is 14.3 Å². The van der Waals surface area contributed by atoms with E-state index in [9.17, 15) is 8.42 Å². The number of hydrogen-bond acceptors (Lipinski definition) is 3. The number of allylic oxidation sites excluding steroid dienone is 2. The molecular weight excluding hydrogens is 476 g/mol. The molecule has 0 aromatic carbocycles. The Labute approximate surface area is 229 Å². The first-order valence-corrected chi connectivity index (χ1v) is 16.9. The zero-order valence-corrected chi connectivity index (χ0v) is 26.0. The largest absolute Gasteiger partial charge is 0.290 e. The molecule has 3 saturated carbocycles. The van der Waals surface area contributed by atoms with Gasteiger partial charge in [-0.15, -0.1) is 0 Å². The lowest BCUT2D eigenvalue weighted by molar-refractivity contribution is -0.0556. The molecule has 3 fully saturated rings. The molecule has 0 saturated heterocycles. The van der Waals surface area contributed by atoms with Crippen molar-refractivity contribution in [3.05, 3.63) is 23.1 Å². The number of hydrogen-bond donors (Lipinski definition) is 0. The highest BCUT2D eigenvalue weighted by molar-refractivity contribution is 7.89. The normalized spacial score (nSPS) is 39.3.